The number of rotatable bonds is 1. The maximum absolute atomic E-state index is 3.47. The van der Waals surface area contributed by atoms with Crippen LogP contribution in [0.25, 0.3) is 0 Å². The van der Waals surface area contributed by atoms with Crippen LogP contribution in [0.1, 0.15) is 11.1 Å². The second-order valence-corrected chi connectivity index (χ2v) is 4.79. The van der Waals surface area contributed by atoms with Crippen molar-refractivity contribution in [3.05, 3.63) is 59.7 Å². The summed E-state index contributed by atoms with van der Waals surface area (Å²) < 4.78 is 0. The van der Waals surface area contributed by atoms with Crippen LogP contribution in [-0.4, -0.2) is 13.1 Å². The summed E-state index contributed by atoms with van der Waals surface area (Å²) in [5.74, 6) is 0. The highest BCUT2D eigenvalue weighted by atomic mass is 15.2. The van der Waals surface area contributed by atoms with Crippen molar-refractivity contribution < 1.29 is 0 Å². The third-order valence-electron chi connectivity index (χ3n) is 3.46. The van der Waals surface area contributed by atoms with Crippen LogP contribution in [0.4, 0.5) is 11.4 Å². The number of anilines is 2. The van der Waals surface area contributed by atoms with E-state index in [0.717, 1.165) is 19.6 Å². The van der Waals surface area contributed by atoms with E-state index >= 15 is 0 Å². The van der Waals surface area contributed by atoms with Gasteiger partial charge in [0.25, 0.3) is 0 Å². The van der Waals surface area contributed by atoms with Gasteiger partial charge in [0, 0.05) is 31.0 Å². The number of aryl methyl sites for hydroxylation is 1. The molecular formula is C16H18N2. The van der Waals surface area contributed by atoms with Crippen LogP contribution >= 0.6 is 0 Å². The van der Waals surface area contributed by atoms with Crippen LogP contribution < -0.4 is 10.2 Å². The van der Waals surface area contributed by atoms with Crippen LogP contribution in [-0.2, 0) is 6.54 Å². The predicted octanol–water partition coefficient (Wildman–Crippen LogP) is 3.24. The first-order valence-corrected chi connectivity index (χ1v) is 6.47. The molecule has 0 saturated carbocycles. The topological polar surface area (TPSA) is 15.3 Å². The molecule has 0 spiro atoms. The Kier molecular flexibility index (Phi) is 3.03. The molecule has 2 aromatic carbocycles. The Labute approximate surface area is 108 Å². The van der Waals surface area contributed by atoms with E-state index in [4.69, 9.17) is 0 Å². The minimum Gasteiger partial charge on any atom is -0.340 e. The Morgan fingerprint density at radius 1 is 1.00 bits per heavy atom. The molecule has 1 heterocycles. The zero-order valence-electron chi connectivity index (χ0n) is 10.7. The number of nitrogens with one attached hydrogen (secondary N) is 1. The van der Waals surface area contributed by atoms with Crippen molar-refractivity contribution in [3.63, 3.8) is 0 Å². The molecule has 2 aromatic rings. The fourth-order valence-corrected chi connectivity index (χ4v) is 2.45. The zero-order valence-corrected chi connectivity index (χ0v) is 10.7. The molecule has 0 saturated heterocycles. The summed E-state index contributed by atoms with van der Waals surface area (Å²) in [5.41, 5.74) is 5.28. The Balaban J connectivity index is 2.03. The lowest BCUT2D eigenvalue weighted by Gasteiger charge is -2.24. The summed E-state index contributed by atoms with van der Waals surface area (Å²) in [6, 6.07) is 17.4. The third kappa shape index (κ3) is 2.12. The van der Waals surface area contributed by atoms with Gasteiger partial charge < -0.3 is 10.2 Å². The molecule has 1 aliphatic heterocycles. The fourth-order valence-electron chi connectivity index (χ4n) is 2.45. The molecule has 1 N–H and O–H groups in total. The fraction of sp³-hybridized carbons (Fsp3) is 0.250. The number of nitrogens with zero attached hydrogens (tertiary/aromatic N) is 1. The van der Waals surface area contributed by atoms with E-state index in [-0.39, 0.29) is 0 Å². The van der Waals surface area contributed by atoms with Crippen molar-refractivity contribution in [2.75, 3.05) is 18.0 Å². The lowest BCUT2D eigenvalue weighted by molar-refractivity contribution is 0.712. The zero-order chi connectivity index (χ0) is 12.4. The molecule has 1 aliphatic rings. The molecule has 0 amide bonds. The van der Waals surface area contributed by atoms with Gasteiger partial charge in [-0.2, -0.15) is 0 Å². The quantitative estimate of drug-likeness (QED) is 0.820. The Hall–Kier alpha value is -1.80. The van der Waals surface area contributed by atoms with Gasteiger partial charge in [-0.1, -0.05) is 35.9 Å². The van der Waals surface area contributed by atoms with Gasteiger partial charge in [-0.3, -0.25) is 0 Å². The average molecular weight is 238 g/mol. The van der Waals surface area contributed by atoms with E-state index in [1.807, 2.05) is 0 Å². The van der Waals surface area contributed by atoms with Gasteiger partial charge in [0.15, 0.2) is 0 Å². The molecule has 0 unspecified atom stereocenters. The normalized spacial score (nSPS) is 15.1. The van der Waals surface area contributed by atoms with E-state index in [0.29, 0.717) is 0 Å². The molecule has 92 valence electrons. The molecule has 0 radical (unpaired) electrons. The molecule has 0 fully saturated rings. The van der Waals surface area contributed by atoms with E-state index in [1.54, 1.807) is 0 Å². The molecule has 2 heteroatoms. The van der Waals surface area contributed by atoms with Crippen molar-refractivity contribution >= 4 is 11.4 Å². The molecule has 3 rings (SSSR count). The van der Waals surface area contributed by atoms with Crippen molar-refractivity contribution in [1.82, 2.24) is 5.32 Å². The lowest BCUT2D eigenvalue weighted by Crippen LogP contribution is -2.24. The smallest absolute Gasteiger partial charge is 0.0456 e. The van der Waals surface area contributed by atoms with Crippen molar-refractivity contribution in [2.45, 2.75) is 13.5 Å². The minimum atomic E-state index is 0.957. The summed E-state index contributed by atoms with van der Waals surface area (Å²) >= 11 is 0. The maximum atomic E-state index is 3.47. The number of para-hydroxylation sites is 1. The summed E-state index contributed by atoms with van der Waals surface area (Å²) in [7, 11) is 0. The van der Waals surface area contributed by atoms with Crippen LogP contribution in [0.15, 0.2) is 48.5 Å². The monoisotopic (exact) mass is 238 g/mol. The van der Waals surface area contributed by atoms with E-state index in [1.165, 1.54) is 22.5 Å². The molecule has 2 nitrogen and oxygen atoms in total. The Bertz CT molecular complexity index is 531. The van der Waals surface area contributed by atoms with E-state index in [2.05, 4.69) is 65.7 Å². The van der Waals surface area contributed by atoms with E-state index < -0.39 is 0 Å². The lowest BCUT2D eigenvalue weighted by atomic mass is 10.1. The first kappa shape index (κ1) is 11.3. The van der Waals surface area contributed by atoms with Gasteiger partial charge >= 0.3 is 0 Å². The third-order valence-corrected chi connectivity index (χ3v) is 3.46. The molecule has 0 aromatic heterocycles. The summed E-state index contributed by atoms with van der Waals surface area (Å²) in [6.07, 6.45) is 0. The van der Waals surface area contributed by atoms with Crippen LogP contribution in [0.2, 0.25) is 0 Å². The average Bonchev–Trinajstić information content (AvgIpc) is 2.62. The number of hydrogen-bond acceptors (Lipinski definition) is 2. The molecular weight excluding hydrogens is 220 g/mol. The maximum Gasteiger partial charge on any atom is 0.0456 e. The van der Waals surface area contributed by atoms with Gasteiger partial charge in [0.2, 0.25) is 0 Å². The second-order valence-electron chi connectivity index (χ2n) is 4.79. The highest BCUT2D eigenvalue weighted by molar-refractivity contribution is 5.67. The van der Waals surface area contributed by atoms with Gasteiger partial charge in [-0.15, -0.1) is 0 Å². The summed E-state index contributed by atoms with van der Waals surface area (Å²) in [6.45, 7) is 5.11. The molecule has 18 heavy (non-hydrogen) atoms. The Morgan fingerprint density at radius 2 is 1.78 bits per heavy atom. The van der Waals surface area contributed by atoms with Crippen LogP contribution in [0.5, 0.6) is 0 Å². The largest absolute Gasteiger partial charge is 0.340 e. The minimum absolute atomic E-state index is 0.957. The first-order valence-electron chi connectivity index (χ1n) is 6.47. The van der Waals surface area contributed by atoms with E-state index in [9.17, 15) is 0 Å². The summed E-state index contributed by atoms with van der Waals surface area (Å²) in [4.78, 5) is 2.40. The first-order chi connectivity index (χ1) is 8.84. The summed E-state index contributed by atoms with van der Waals surface area (Å²) in [5, 5.41) is 3.47. The van der Waals surface area contributed by atoms with Crippen molar-refractivity contribution in [2.24, 2.45) is 0 Å². The van der Waals surface area contributed by atoms with Gasteiger partial charge in [-0.05, 0) is 30.7 Å². The van der Waals surface area contributed by atoms with Crippen molar-refractivity contribution in [3.8, 4) is 0 Å². The molecule has 0 atom stereocenters. The molecule has 0 bridgehead atoms. The van der Waals surface area contributed by atoms with Crippen molar-refractivity contribution in [1.29, 1.82) is 0 Å². The van der Waals surface area contributed by atoms with Gasteiger partial charge in [0.05, 0.1) is 0 Å². The SMILES string of the molecule is Cc1ccc(N2CCNCc3ccccc32)cc1. The predicted molar refractivity (Wildman–Crippen MR) is 76.3 cm³/mol. The number of hydrogen-bond donors (Lipinski definition) is 1. The standard InChI is InChI=1S/C16H18N2/c1-13-6-8-15(9-7-13)18-11-10-17-12-14-4-2-3-5-16(14)18/h2-9,17H,10-12H2,1H3. The second kappa shape index (κ2) is 4.83. The molecule has 0 aliphatic carbocycles. The van der Waals surface area contributed by atoms with Crippen LogP contribution in [0.3, 0.4) is 0 Å². The number of benzene rings is 2. The van der Waals surface area contributed by atoms with Crippen LogP contribution in [0, 0.1) is 6.92 Å². The highest BCUT2D eigenvalue weighted by Crippen LogP contribution is 2.29. The van der Waals surface area contributed by atoms with Gasteiger partial charge in [-0.25, -0.2) is 0 Å². The van der Waals surface area contributed by atoms with Gasteiger partial charge in [0.1, 0.15) is 0 Å². The number of fused-ring (bicyclic) bond motifs is 1. The highest BCUT2D eigenvalue weighted by Gasteiger charge is 2.15. The Morgan fingerprint density at radius 3 is 2.61 bits per heavy atom.